The van der Waals surface area contributed by atoms with E-state index >= 15 is 0 Å². The van der Waals surface area contributed by atoms with E-state index < -0.39 is 0 Å². The van der Waals surface area contributed by atoms with Crippen LogP contribution in [0.2, 0.25) is 0 Å². The maximum absolute atomic E-state index is 12.9. The van der Waals surface area contributed by atoms with E-state index in [1.165, 1.54) is 4.90 Å². The first-order chi connectivity index (χ1) is 14.6. The van der Waals surface area contributed by atoms with Crippen LogP contribution in [0, 0.1) is 0 Å². The Morgan fingerprint density at radius 2 is 1.90 bits per heavy atom. The number of aromatic nitrogens is 1. The molecule has 152 valence electrons. The third-order valence-electron chi connectivity index (χ3n) is 4.73. The molecule has 0 spiro atoms. The number of anilines is 1. The second kappa shape index (κ2) is 8.57. The Hall–Kier alpha value is -4.00. The van der Waals surface area contributed by atoms with E-state index in [1.54, 1.807) is 49.8 Å². The van der Waals surface area contributed by atoms with Crippen molar-refractivity contribution in [1.82, 2.24) is 9.88 Å². The molecule has 0 bridgehead atoms. The van der Waals surface area contributed by atoms with Gasteiger partial charge in [-0.25, -0.2) is 4.79 Å². The number of fused-ring (bicyclic) bond motifs is 1. The second-order valence-electron chi connectivity index (χ2n) is 6.81. The molecule has 2 amide bonds. The fourth-order valence-electron chi connectivity index (χ4n) is 3.19. The number of nitrogens with one attached hydrogen (secondary N) is 2. The molecule has 0 fully saturated rings. The number of hydrogen-bond donors (Lipinski definition) is 2. The highest BCUT2D eigenvalue weighted by Crippen LogP contribution is 2.20. The third kappa shape index (κ3) is 4.35. The maximum atomic E-state index is 12.9. The van der Waals surface area contributed by atoms with Gasteiger partial charge in [0.2, 0.25) is 0 Å². The summed E-state index contributed by atoms with van der Waals surface area (Å²) in [6.07, 6.45) is 1.55. The lowest BCUT2D eigenvalue weighted by Crippen LogP contribution is -2.35. The first-order valence-corrected chi connectivity index (χ1v) is 9.46. The lowest BCUT2D eigenvalue weighted by Gasteiger charge is -2.22. The van der Waals surface area contributed by atoms with Crippen molar-refractivity contribution in [1.29, 1.82) is 0 Å². The molecule has 2 heterocycles. The van der Waals surface area contributed by atoms with E-state index in [-0.39, 0.29) is 24.7 Å². The number of carbonyl (C=O) groups excluding carboxylic acids is 1. The first-order valence-electron chi connectivity index (χ1n) is 9.46. The molecule has 2 aromatic carbocycles. The van der Waals surface area contributed by atoms with Crippen molar-refractivity contribution in [2.45, 2.75) is 13.1 Å². The summed E-state index contributed by atoms with van der Waals surface area (Å²) in [4.78, 5) is 30.0. The molecule has 4 aromatic rings. The molecule has 7 heteroatoms. The van der Waals surface area contributed by atoms with E-state index in [1.807, 2.05) is 30.3 Å². The van der Waals surface area contributed by atoms with E-state index in [0.29, 0.717) is 28.3 Å². The highest BCUT2D eigenvalue weighted by molar-refractivity contribution is 5.89. The molecule has 0 atom stereocenters. The molecule has 0 saturated carbocycles. The van der Waals surface area contributed by atoms with Crippen molar-refractivity contribution in [3.63, 3.8) is 0 Å². The fourth-order valence-corrected chi connectivity index (χ4v) is 3.19. The van der Waals surface area contributed by atoms with Gasteiger partial charge in [-0.15, -0.1) is 0 Å². The number of carbonyl (C=O) groups is 1. The van der Waals surface area contributed by atoms with Crippen LogP contribution in [0.1, 0.15) is 11.3 Å². The van der Waals surface area contributed by atoms with Crippen LogP contribution in [0.15, 0.2) is 82.2 Å². The summed E-state index contributed by atoms with van der Waals surface area (Å²) in [5.41, 5.74) is 1.57. The van der Waals surface area contributed by atoms with Crippen LogP contribution in [-0.4, -0.2) is 23.0 Å². The minimum absolute atomic E-state index is 0.122. The molecule has 0 saturated heterocycles. The molecule has 2 aromatic heterocycles. The van der Waals surface area contributed by atoms with Gasteiger partial charge < -0.3 is 24.4 Å². The number of methoxy groups -OCH3 is 1. The van der Waals surface area contributed by atoms with Crippen LogP contribution < -0.4 is 15.6 Å². The average Bonchev–Trinajstić information content (AvgIpc) is 3.27. The minimum atomic E-state index is -0.327. The summed E-state index contributed by atoms with van der Waals surface area (Å²) in [7, 11) is 1.57. The summed E-state index contributed by atoms with van der Waals surface area (Å²) < 4.78 is 10.6. The Kier molecular flexibility index (Phi) is 5.52. The van der Waals surface area contributed by atoms with Crippen molar-refractivity contribution in [3.8, 4) is 5.75 Å². The Morgan fingerprint density at radius 1 is 1.07 bits per heavy atom. The number of ether oxygens (including phenoxy) is 1. The Labute approximate surface area is 172 Å². The number of H-pyrrole nitrogens is 1. The lowest BCUT2D eigenvalue weighted by atomic mass is 10.1. The van der Waals surface area contributed by atoms with Crippen LogP contribution in [0.3, 0.4) is 0 Å². The number of pyridine rings is 1. The number of rotatable bonds is 6. The molecule has 7 nitrogen and oxygen atoms in total. The molecule has 30 heavy (non-hydrogen) atoms. The molecule has 0 radical (unpaired) electrons. The molecule has 0 aliphatic carbocycles. The molecule has 2 N–H and O–H groups in total. The van der Waals surface area contributed by atoms with Gasteiger partial charge in [0, 0.05) is 17.3 Å². The van der Waals surface area contributed by atoms with Gasteiger partial charge in [0.15, 0.2) is 0 Å². The monoisotopic (exact) mass is 403 g/mol. The zero-order chi connectivity index (χ0) is 20.9. The number of furan rings is 1. The SMILES string of the molecule is COc1ccc2cc(CN(Cc3ccco3)C(=O)Nc3ccccc3)c(=O)[nH]c2c1. The minimum Gasteiger partial charge on any atom is -0.497 e. The Bertz CT molecular complexity index is 1200. The van der Waals surface area contributed by atoms with Gasteiger partial charge in [0.1, 0.15) is 11.5 Å². The van der Waals surface area contributed by atoms with Gasteiger partial charge in [-0.3, -0.25) is 4.79 Å². The smallest absolute Gasteiger partial charge is 0.322 e. The van der Waals surface area contributed by atoms with Crippen molar-refractivity contribution >= 4 is 22.6 Å². The summed E-state index contributed by atoms with van der Waals surface area (Å²) in [5.74, 6) is 1.28. The zero-order valence-corrected chi connectivity index (χ0v) is 16.4. The van der Waals surface area contributed by atoms with Gasteiger partial charge in [-0.1, -0.05) is 18.2 Å². The molecule has 0 unspecified atom stereocenters. The molecular formula is C23H21N3O4. The highest BCUT2D eigenvalue weighted by Gasteiger charge is 2.18. The van der Waals surface area contributed by atoms with Crippen molar-refractivity contribution in [3.05, 3.63) is 94.7 Å². The summed E-state index contributed by atoms with van der Waals surface area (Å²) >= 11 is 0. The van der Waals surface area contributed by atoms with Crippen LogP contribution in [-0.2, 0) is 13.1 Å². The predicted octanol–water partition coefficient (Wildman–Crippen LogP) is 4.36. The van der Waals surface area contributed by atoms with E-state index in [2.05, 4.69) is 10.3 Å². The van der Waals surface area contributed by atoms with E-state index in [4.69, 9.17) is 9.15 Å². The molecule has 0 aliphatic heterocycles. The predicted molar refractivity (Wildman–Crippen MR) is 115 cm³/mol. The summed E-state index contributed by atoms with van der Waals surface area (Å²) in [6.45, 7) is 0.350. The number of benzene rings is 2. The normalized spacial score (nSPS) is 10.7. The van der Waals surface area contributed by atoms with Crippen molar-refractivity contribution in [2.75, 3.05) is 12.4 Å². The number of para-hydroxylation sites is 1. The first kappa shape index (κ1) is 19.3. The fraction of sp³-hybridized carbons (Fsp3) is 0.130. The standard InChI is InChI=1S/C23H21N3O4/c1-29-19-10-9-16-12-17(22(27)25-21(16)13-19)14-26(15-20-8-5-11-30-20)23(28)24-18-6-3-2-4-7-18/h2-13H,14-15H2,1H3,(H,24,28)(H,25,27). The molecule has 4 rings (SSSR count). The topological polar surface area (TPSA) is 87.6 Å². The number of urea groups is 1. The largest absolute Gasteiger partial charge is 0.497 e. The lowest BCUT2D eigenvalue weighted by molar-refractivity contribution is 0.201. The number of nitrogens with zero attached hydrogens (tertiary/aromatic N) is 1. The Balaban J connectivity index is 1.63. The third-order valence-corrected chi connectivity index (χ3v) is 4.73. The molecule has 0 aliphatic rings. The van der Waals surface area contributed by atoms with Crippen LogP contribution in [0.5, 0.6) is 5.75 Å². The number of amides is 2. The van der Waals surface area contributed by atoms with Gasteiger partial charge in [0.25, 0.3) is 5.56 Å². The van der Waals surface area contributed by atoms with Crippen molar-refractivity contribution < 1.29 is 13.9 Å². The Morgan fingerprint density at radius 3 is 2.63 bits per heavy atom. The van der Waals surface area contributed by atoms with E-state index in [9.17, 15) is 9.59 Å². The van der Waals surface area contributed by atoms with Gasteiger partial charge in [-0.2, -0.15) is 0 Å². The highest BCUT2D eigenvalue weighted by atomic mass is 16.5. The zero-order valence-electron chi connectivity index (χ0n) is 16.4. The number of aromatic amines is 1. The maximum Gasteiger partial charge on any atom is 0.322 e. The van der Waals surface area contributed by atoms with Gasteiger partial charge >= 0.3 is 6.03 Å². The van der Waals surface area contributed by atoms with E-state index in [0.717, 1.165) is 5.39 Å². The van der Waals surface area contributed by atoms with Crippen molar-refractivity contribution in [2.24, 2.45) is 0 Å². The van der Waals surface area contributed by atoms with Crippen LogP contribution >= 0.6 is 0 Å². The summed E-state index contributed by atoms with van der Waals surface area (Å²) in [5, 5.41) is 3.72. The summed E-state index contributed by atoms with van der Waals surface area (Å²) in [6, 6.07) is 19.6. The molecular weight excluding hydrogens is 382 g/mol. The van der Waals surface area contributed by atoms with Crippen LogP contribution in [0.25, 0.3) is 10.9 Å². The average molecular weight is 403 g/mol. The second-order valence-corrected chi connectivity index (χ2v) is 6.81. The van der Waals surface area contributed by atoms with Gasteiger partial charge in [-0.05, 0) is 47.9 Å². The van der Waals surface area contributed by atoms with Crippen LogP contribution in [0.4, 0.5) is 10.5 Å². The van der Waals surface area contributed by atoms with Gasteiger partial charge in [0.05, 0.1) is 32.0 Å². The quantitative estimate of drug-likeness (QED) is 0.501. The number of hydrogen-bond acceptors (Lipinski definition) is 4.